The summed E-state index contributed by atoms with van der Waals surface area (Å²) in [6.45, 7) is 8.42. The van der Waals surface area contributed by atoms with Crippen molar-refractivity contribution in [3.05, 3.63) is 60.2 Å². The molecule has 5 rings (SSSR count). The quantitative estimate of drug-likeness (QED) is 0.360. The Morgan fingerprint density at radius 1 is 1.03 bits per heavy atom. The van der Waals surface area contributed by atoms with E-state index in [1.807, 2.05) is 13.1 Å². The third-order valence-electron chi connectivity index (χ3n) is 7.38. The van der Waals surface area contributed by atoms with E-state index in [-0.39, 0.29) is 17.5 Å². The van der Waals surface area contributed by atoms with E-state index in [0.29, 0.717) is 55.0 Å². The van der Waals surface area contributed by atoms with Crippen LogP contribution in [-0.2, 0) is 12.1 Å². The summed E-state index contributed by atoms with van der Waals surface area (Å²) in [4.78, 5) is 16.3. The number of halogens is 2. The zero-order valence-corrected chi connectivity index (χ0v) is 22.4. The number of rotatable bonds is 7. The number of fused-ring (bicyclic) bond motifs is 1. The summed E-state index contributed by atoms with van der Waals surface area (Å²) < 4.78 is 35.0. The number of aryl methyl sites for hydroxylation is 1. The van der Waals surface area contributed by atoms with Crippen LogP contribution in [0, 0.1) is 11.6 Å². The number of hydrogen-bond donors (Lipinski definition) is 2. The monoisotopic (exact) mass is 538 g/mol. The third-order valence-corrected chi connectivity index (χ3v) is 7.38. The van der Waals surface area contributed by atoms with Crippen molar-refractivity contribution in [2.24, 2.45) is 0 Å². The van der Waals surface area contributed by atoms with Gasteiger partial charge in [0.15, 0.2) is 17.4 Å². The molecule has 3 aromatic heterocycles. The second-order valence-corrected chi connectivity index (χ2v) is 10.5. The Bertz CT molecular complexity index is 1490. The molecule has 1 aliphatic rings. The fourth-order valence-corrected chi connectivity index (χ4v) is 4.54. The van der Waals surface area contributed by atoms with Gasteiger partial charge in [0.25, 0.3) is 0 Å². The molecule has 1 aromatic carbocycles. The molecule has 0 amide bonds. The highest BCUT2D eigenvalue weighted by Gasteiger charge is 2.41. The molecule has 0 radical (unpaired) electrons. The van der Waals surface area contributed by atoms with Gasteiger partial charge in [0.1, 0.15) is 28.7 Å². The van der Waals surface area contributed by atoms with Gasteiger partial charge in [-0.3, -0.25) is 9.67 Å². The summed E-state index contributed by atoms with van der Waals surface area (Å²) in [6.07, 6.45) is 6.18. The van der Waals surface area contributed by atoms with Crippen LogP contribution in [0.3, 0.4) is 0 Å². The van der Waals surface area contributed by atoms with Crippen LogP contribution < -0.4 is 9.64 Å². The molecule has 2 N–H and O–H groups in total. The van der Waals surface area contributed by atoms with Crippen LogP contribution in [0.2, 0.25) is 0 Å². The van der Waals surface area contributed by atoms with Crippen molar-refractivity contribution in [2.45, 2.75) is 64.4 Å². The summed E-state index contributed by atoms with van der Waals surface area (Å²) in [5.41, 5.74) is -0.274. The minimum atomic E-state index is -1.61. The smallest absolute Gasteiger partial charge is 0.167 e. The van der Waals surface area contributed by atoms with Gasteiger partial charge in [0.2, 0.25) is 0 Å². The fraction of sp³-hybridized carbons (Fsp3) is 0.429. The highest BCUT2D eigenvalue weighted by molar-refractivity contribution is 5.83. The first-order valence-corrected chi connectivity index (χ1v) is 13.0. The Kier molecular flexibility index (Phi) is 6.98. The average molecular weight is 539 g/mol. The Morgan fingerprint density at radius 3 is 2.41 bits per heavy atom. The van der Waals surface area contributed by atoms with E-state index in [0.717, 1.165) is 11.6 Å². The zero-order chi connectivity index (χ0) is 27.9. The molecule has 39 heavy (non-hydrogen) atoms. The minimum absolute atomic E-state index is 0.0387. The number of aromatic nitrogens is 5. The molecule has 1 aliphatic heterocycles. The normalized spacial score (nSPS) is 16.5. The van der Waals surface area contributed by atoms with Gasteiger partial charge >= 0.3 is 0 Å². The van der Waals surface area contributed by atoms with Crippen molar-refractivity contribution in [1.82, 2.24) is 24.7 Å². The number of ether oxygens (including phenoxy) is 1. The largest absolute Gasteiger partial charge is 0.487 e. The van der Waals surface area contributed by atoms with E-state index in [4.69, 9.17) is 14.7 Å². The molecule has 1 fully saturated rings. The highest BCUT2D eigenvalue weighted by Crippen LogP contribution is 2.35. The van der Waals surface area contributed by atoms with Gasteiger partial charge in [-0.1, -0.05) is 0 Å². The molecule has 4 aromatic rings. The summed E-state index contributed by atoms with van der Waals surface area (Å²) in [5, 5.41) is 25.9. The van der Waals surface area contributed by atoms with Crippen LogP contribution in [0.25, 0.3) is 22.3 Å². The third kappa shape index (κ3) is 5.28. The number of pyridine rings is 1. The predicted molar refractivity (Wildman–Crippen MR) is 142 cm³/mol. The molecule has 4 heterocycles. The van der Waals surface area contributed by atoms with Crippen molar-refractivity contribution in [3.63, 3.8) is 0 Å². The van der Waals surface area contributed by atoms with Gasteiger partial charge in [0, 0.05) is 50.3 Å². The van der Waals surface area contributed by atoms with Crippen molar-refractivity contribution in [1.29, 1.82) is 0 Å². The molecule has 0 bridgehead atoms. The molecule has 11 heteroatoms. The first-order valence-electron chi connectivity index (χ1n) is 13.0. The van der Waals surface area contributed by atoms with E-state index in [1.54, 1.807) is 23.1 Å². The molecule has 206 valence electrons. The molecule has 1 saturated heterocycles. The van der Waals surface area contributed by atoms with Crippen LogP contribution >= 0.6 is 0 Å². The number of nitrogens with zero attached hydrogens (tertiary/aromatic N) is 6. The van der Waals surface area contributed by atoms with Crippen molar-refractivity contribution in [2.75, 3.05) is 18.0 Å². The lowest BCUT2D eigenvalue weighted by Crippen LogP contribution is -2.45. The molecule has 9 nitrogen and oxygen atoms in total. The lowest BCUT2D eigenvalue weighted by atomic mass is 9.84. The molecule has 0 spiro atoms. The van der Waals surface area contributed by atoms with Crippen LogP contribution in [0.1, 0.15) is 46.2 Å². The maximum atomic E-state index is 14.1. The van der Waals surface area contributed by atoms with Crippen LogP contribution in [0.5, 0.6) is 5.75 Å². The maximum Gasteiger partial charge on any atom is 0.167 e. The van der Waals surface area contributed by atoms with E-state index >= 15 is 0 Å². The fourth-order valence-electron chi connectivity index (χ4n) is 4.54. The Balaban J connectivity index is 1.47. The van der Waals surface area contributed by atoms with Crippen LogP contribution in [-0.4, -0.2) is 59.7 Å². The van der Waals surface area contributed by atoms with Crippen molar-refractivity contribution >= 4 is 16.9 Å². The Morgan fingerprint density at radius 2 is 1.77 bits per heavy atom. The predicted octanol–water partition coefficient (Wildman–Crippen LogP) is 4.21. The SMILES string of the molecule is CCn1cc(-c2nc3cc([C@](C)(O)C(C)(C)O)ncc3nc2N2CCC(Oc3ccc(F)cc3F)CC2)cn1. The van der Waals surface area contributed by atoms with E-state index in [1.165, 1.54) is 32.9 Å². The second-order valence-electron chi connectivity index (χ2n) is 10.5. The maximum absolute atomic E-state index is 14.1. The van der Waals surface area contributed by atoms with E-state index < -0.39 is 22.8 Å². The van der Waals surface area contributed by atoms with Crippen LogP contribution in [0.15, 0.2) is 42.9 Å². The Hall–Kier alpha value is -3.70. The molecular formula is C28H32F2N6O3. The standard InChI is InChI=1S/C28H32F2N6O3/c1-5-36-16-17(14-32-36)25-26(34-22-15-31-24(13-21(22)33-25)28(4,38)27(2,3)37)35-10-8-19(9-11-35)39-23-7-6-18(29)12-20(23)30/h6-7,12-16,19,37-38H,5,8-11H2,1-4H3/t28-/m0/s1. The molecule has 0 aliphatic carbocycles. The molecule has 0 saturated carbocycles. The van der Waals surface area contributed by atoms with E-state index in [2.05, 4.69) is 15.0 Å². The lowest BCUT2D eigenvalue weighted by Gasteiger charge is -2.35. The topological polar surface area (TPSA) is 109 Å². The molecule has 0 unspecified atom stereocenters. The number of aliphatic hydroxyl groups is 2. The number of anilines is 1. The van der Waals surface area contributed by atoms with Gasteiger partial charge in [0.05, 0.1) is 29.2 Å². The molecular weight excluding hydrogens is 506 g/mol. The van der Waals surface area contributed by atoms with Gasteiger partial charge < -0.3 is 19.8 Å². The summed E-state index contributed by atoms with van der Waals surface area (Å²) in [7, 11) is 0. The zero-order valence-electron chi connectivity index (χ0n) is 22.4. The first kappa shape index (κ1) is 26.9. The lowest BCUT2D eigenvalue weighted by molar-refractivity contribution is -0.127. The minimum Gasteiger partial charge on any atom is -0.487 e. The van der Waals surface area contributed by atoms with Gasteiger partial charge in [-0.2, -0.15) is 5.10 Å². The summed E-state index contributed by atoms with van der Waals surface area (Å²) in [5.74, 6) is -0.664. The number of benzene rings is 1. The van der Waals surface area contributed by atoms with Gasteiger partial charge in [-0.25, -0.2) is 18.7 Å². The van der Waals surface area contributed by atoms with E-state index in [9.17, 15) is 19.0 Å². The number of hydrogen-bond acceptors (Lipinski definition) is 8. The Labute approximate surface area is 225 Å². The average Bonchev–Trinajstić information content (AvgIpc) is 3.38. The van der Waals surface area contributed by atoms with Gasteiger partial charge in [-0.05, 0) is 45.9 Å². The summed E-state index contributed by atoms with van der Waals surface area (Å²) >= 11 is 0. The van der Waals surface area contributed by atoms with Crippen molar-refractivity contribution < 1.29 is 23.7 Å². The highest BCUT2D eigenvalue weighted by atomic mass is 19.1. The van der Waals surface area contributed by atoms with Crippen molar-refractivity contribution in [3.8, 4) is 17.0 Å². The van der Waals surface area contributed by atoms with Crippen LogP contribution in [0.4, 0.5) is 14.6 Å². The van der Waals surface area contributed by atoms with Gasteiger partial charge in [-0.15, -0.1) is 0 Å². The second kappa shape index (κ2) is 10.1. The first-order chi connectivity index (χ1) is 18.5. The molecule has 1 atom stereocenters. The summed E-state index contributed by atoms with van der Waals surface area (Å²) in [6, 6.07) is 4.96. The number of piperidine rings is 1.